The van der Waals surface area contributed by atoms with Gasteiger partial charge in [-0.25, -0.2) is 0 Å². The van der Waals surface area contributed by atoms with Crippen molar-refractivity contribution < 1.29 is 10.2 Å². The second-order valence-electron chi connectivity index (χ2n) is 2.93. The molecule has 0 saturated heterocycles. The van der Waals surface area contributed by atoms with Gasteiger partial charge in [0, 0.05) is 0 Å². The summed E-state index contributed by atoms with van der Waals surface area (Å²) < 4.78 is 0. The molecule has 13 heavy (non-hydrogen) atoms. The number of nitriles is 1. The molecule has 0 radical (unpaired) electrons. The molecule has 0 bridgehead atoms. The van der Waals surface area contributed by atoms with Gasteiger partial charge in [0.2, 0.25) is 0 Å². The van der Waals surface area contributed by atoms with Crippen molar-refractivity contribution in [3.8, 4) is 6.07 Å². The number of rotatable bonds is 2. The molecule has 0 aliphatic carbocycles. The molecule has 1 rings (SSSR count). The van der Waals surface area contributed by atoms with Crippen molar-refractivity contribution in [3.63, 3.8) is 0 Å². The third-order valence-electron chi connectivity index (χ3n) is 1.85. The third kappa shape index (κ3) is 2.28. The molecule has 0 spiro atoms. The van der Waals surface area contributed by atoms with Crippen LogP contribution in [0, 0.1) is 18.3 Å². The summed E-state index contributed by atoms with van der Waals surface area (Å²) in [4.78, 5) is 0. The van der Waals surface area contributed by atoms with Gasteiger partial charge in [0.05, 0.1) is 6.07 Å². The molecule has 68 valence electrons. The second-order valence-corrected chi connectivity index (χ2v) is 2.93. The number of aliphatic hydroxyl groups is 2. The standard InChI is InChI=1S/C10H11NO2/c1-7-2-4-8(5-3-7)10(13)9(12)6-11/h2-5,9-10,12-13H,1H3/t9-,10+/m1/s1. The molecule has 0 saturated carbocycles. The van der Waals surface area contributed by atoms with Gasteiger partial charge in [-0.05, 0) is 12.5 Å². The zero-order chi connectivity index (χ0) is 9.84. The molecular weight excluding hydrogens is 166 g/mol. The third-order valence-corrected chi connectivity index (χ3v) is 1.85. The molecule has 3 heteroatoms. The van der Waals surface area contributed by atoms with Gasteiger partial charge in [0.1, 0.15) is 6.10 Å². The molecule has 0 aliphatic rings. The highest BCUT2D eigenvalue weighted by Crippen LogP contribution is 2.16. The van der Waals surface area contributed by atoms with Crippen LogP contribution in [0.2, 0.25) is 0 Å². The first kappa shape index (κ1) is 9.72. The Hall–Kier alpha value is -1.37. The van der Waals surface area contributed by atoms with E-state index in [1.807, 2.05) is 19.1 Å². The molecule has 0 unspecified atom stereocenters. The van der Waals surface area contributed by atoms with Gasteiger partial charge in [-0.15, -0.1) is 0 Å². The molecule has 0 heterocycles. The Morgan fingerprint density at radius 2 is 1.77 bits per heavy atom. The zero-order valence-electron chi connectivity index (χ0n) is 7.31. The van der Waals surface area contributed by atoms with E-state index in [1.54, 1.807) is 18.2 Å². The first-order valence-electron chi connectivity index (χ1n) is 3.97. The summed E-state index contributed by atoms with van der Waals surface area (Å²) in [6.07, 6.45) is -2.48. The molecule has 1 aromatic rings. The van der Waals surface area contributed by atoms with E-state index in [0.717, 1.165) is 5.56 Å². The van der Waals surface area contributed by atoms with Gasteiger partial charge in [0.15, 0.2) is 6.10 Å². The Kier molecular flexibility index (Phi) is 3.02. The Labute approximate surface area is 76.9 Å². The number of aliphatic hydroxyl groups excluding tert-OH is 2. The van der Waals surface area contributed by atoms with E-state index in [-0.39, 0.29) is 0 Å². The van der Waals surface area contributed by atoms with Gasteiger partial charge >= 0.3 is 0 Å². The molecule has 2 N–H and O–H groups in total. The fourth-order valence-corrected chi connectivity index (χ4v) is 1.02. The average Bonchev–Trinajstić information content (AvgIpc) is 2.17. The highest BCUT2D eigenvalue weighted by Gasteiger charge is 2.16. The monoisotopic (exact) mass is 177 g/mol. The Balaban J connectivity index is 2.84. The fraction of sp³-hybridized carbons (Fsp3) is 0.300. The Morgan fingerprint density at radius 1 is 1.23 bits per heavy atom. The maximum absolute atomic E-state index is 9.41. The quantitative estimate of drug-likeness (QED) is 0.660. The predicted octanol–water partition coefficient (Wildman–Crippen LogP) is 0.913. The summed E-state index contributed by atoms with van der Waals surface area (Å²) >= 11 is 0. The van der Waals surface area contributed by atoms with E-state index in [4.69, 9.17) is 10.4 Å². The summed E-state index contributed by atoms with van der Waals surface area (Å²) in [5.41, 5.74) is 1.63. The van der Waals surface area contributed by atoms with Crippen LogP contribution in [0.5, 0.6) is 0 Å². The molecule has 0 aliphatic heterocycles. The number of benzene rings is 1. The van der Waals surface area contributed by atoms with E-state index in [9.17, 15) is 5.11 Å². The maximum Gasteiger partial charge on any atom is 0.170 e. The van der Waals surface area contributed by atoms with Crippen LogP contribution in [-0.2, 0) is 0 Å². The molecular formula is C10H11NO2. The molecule has 2 atom stereocenters. The van der Waals surface area contributed by atoms with Crippen molar-refractivity contribution in [1.29, 1.82) is 5.26 Å². The van der Waals surface area contributed by atoms with Crippen molar-refractivity contribution >= 4 is 0 Å². The van der Waals surface area contributed by atoms with Crippen molar-refractivity contribution in [3.05, 3.63) is 35.4 Å². The molecule has 0 aromatic heterocycles. The van der Waals surface area contributed by atoms with Crippen molar-refractivity contribution in [1.82, 2.24) is 0 Å². The summed E-state index contributed by atoms with van der Waals surface area (Å²) in [6, 6.07) is 8.62. The second kappa shape index (κ2) is 4.04. The minimum absolute atomic E-state index is 0.555. The minimum atomic E-state index is -1.36. The minimum Gasteiger partial charge on any atom is -0.385 e. The van der Waals surface area contributed by atoms with Crippen LogP contribution in [0.15, 0.2) is 24.3 Å². The Bertz CT molecular complexity index is 313. The number of aryl methyl sites for hydroxylation is 1. The first-order chi connectivity index (χ1) is 6.15. The van der Waals surface area contributed by atoms with Crippen LogP contribution in [-0.4, -0.2) is 16.3 Å². The van der Waals surface area contributed by atoms with Gasteiger partial charge < -0.3 is 10.2 Å². The van der Waals surface area contributed by atoms with Crippen LogP contribution >= 0.6 is 0 Å². The largest absolute Gasteiger partial charge is 0.385 e. The highest BCUT2D eigenvalue weighted by molar-refractivity contribution is 5.24. The van der Waals surface area contributed by atoms with Crippen LogP contribution < -0.4 is 0 Å². The highest BCUT2D eigenvalue weighted by atomic mass is 16.3. The van der Waals surface area contributed by atoms with Crippen molar-refractivity contribution in [2.75, 3.05) is 0 Å². The summed E-state index contributed by atoms with van der Waals surface area (Å²) in [5, 5.41) is 26.8. The van der Waals surface area contributed by atoms with E-state index in [0.29, 0.717) is 5.56 Å². The molecule has 1 aromatic carbocycles. The zero-order valence-corrected chi connectivity index (χ0v) is 7.31. The number of hydrogen-bond donors (Lipinski definition) is 2. The lowest BCUT2D eigenvalue weighted by Crippen LogP contribution is -2.15. The number of hydrogen-bond acceptors (Lipinski definition) is 3. The van der Waals surface area contributed by atoms with E-state index >= 15 is 0 Å². The summed E-state index contributed by atoms with van der Waals surface area (Å²) in [7, 11) is 0. The van der Waals surface area contributed by atoms with Gasteiger partial charge in [-0.1, -0.05) is 29.8 Å². The van der Waals surface area contributed by atoms with Gasteiger partial charge in [-0.2, -0.15) is 5.26 Å². The van der Waals surface area contributed by atoms with Crippen LogP contribution in [0.25, 0.3) is 0 Å². The van der Waals surface area contributed by atoms with Crippen molar-refractivity contribution in [2.45, 2.75) is 19.1 Å². The fourth-order valence-electron chi connectivity index (χ4n) is 1.02. The topological polar surface area (TPSA) is 64.2 Å². The molecule has 3 nitrogen and oxygen atoms in total. The van der Waals surface area contributed by atoms with Crippen LogP contribution in [0.4, 0.5) is 0 Å². The molecule has 0 amide bonds. The normalized spacial score (nSPS) is 14.6. The maximum atomic E-state index is 9.41. The number of nitrogens with zero attached hydrogens (tertiary/aromatic N) is 1. The lowest BCUT2D eigenvalue weighted by atomic mass is 10.0. The van der Waals surface area contributed by atoms with Crippen LogP contribution in [0.1, 0.15) is 17.2 Å². The van der Waals surface area contributed by atoms with Crippen molar-refractivity contribution in [2.24, 2.45) is 0 Å². The molecule has 0 fully saturated rings. The lowest BCUT2D eigenvalue weighted by Gasteiger charge is -2.11. The lowest BCUT2D eigenvalue weighted by molar-refractivity contribution is 0.0528. The van der Waals surface area contributed by atoms with E-state index in [2.05, 4.69) is 0 Å². The van der Waals surface area contributed by atoms with E-state index < -0.39 is 12.2 Å². The smallest absolute Gasteiger partial charge is 0.170 e. The van der Waals surface area contributed by atoms with Gasteiger partial charge in [-0.3, -0.25) is 0 Å². The van der Waals surface area contributed by atoms with E-state index in [1.165, 1.54) is 0 Å². The summed E-state index contributed by atoms with van der Waals surface area (Å²) in [6.45, 7) is 1.93. The SMILES string of the molecule is Cc1ccc([C@H](O)[C@H](O)C#N)cc1. The first-order valence-corrected chi connectivity index (χ1v) is 3.97. The predicted molar refractivity (Wildman–Crippen MR) is 47.8 cm³/mol. The Morgan fingerprint density at radius 3 is 2.23 bits per heavy atom. The summed E-state index contributed by atoms with van der Waals surface area (Å²) in [5.74, 6) is 0. The average molecular weight is 177 g/mol. The van der Waals surface area contributed by atoms with Gasteiger partial charge in [0.25, 0.3) is 0 Å². The van der Waals surface area contributed by atoms with Crippen LogP contribution in [0.3, 0.4) is 0 Å².